The number of rotatable bonds is 7. The molecule has 0 saturated heterocycles. The van der Waals surface area contributed by atoms with E-state index >= 15 is 0 Å². The monoisotopic (exact) mass is 753 g/mol. The van der Waals surface area contributed by atoms with E-state index in [2.05, 4.69) is 195 Å². The molecule has 0 radical (unpaired) electrons. The van der Waals surface area contributed by atoms with Gasteiger partial charge in [0.2, 0.25) is 0 Å². The average molecular weight is 754 g/mol. The normalized spacial score (nSPS) is 12.4. The van der Waals surface area contributed by atoms with Crippen LogP contribution < -0.4 is 0 Å². The molecule has 0 unspecified atom stereocenters. The summed E-state index contributed by atoms with van der Waals surface area (Å²) < 4.78 is 0. The number of aromatic nitrogens is 2. The molecule has 3 heteroatoms. The van der Waals surface area contributed by atoms with Gasteiger partial charge in [0.25, 0.3) is 0 Å². The third-order valence-electron chi connectivity index (χ3n) is 11.7. The van der Waals surface area contributed by atoms with Gasteiger partial charge in [-0.1, -0.05) is 184 Å². The van der Waals surface area contributed by atoms with Gasteiger partial charge in [-0.15, -0.1) is 0 Å². The summed E-state index contributed by atoms with van der Waals surface area (Å²) in [7, 11) is 0. The van der Waals surface area contributed by atoms with Gasteiger partial charge in [-0.25, -0.2) is 14.8 Å². The molecule has 0 aliphatic heterocycles. The molecule has 0 spiro atoms. The van der Waals surface area contributed by atoms with Gasteiger partial charge >= 0.3 is 0 Å². The summed E-state index contributed by atoms with van der Waals surface area (Å²) in [6.45, 7) is 12.4. The molecule has 0 atom stereocenters. The van der Waals surface area contributed by atoms with Crippen LogP contribution in [-0.4, -0.2) is 9.97 Å². The first-order valence-electron chi connectivity index (χ1n) is 20.0. The summed E-state index contributed by atoms with van der Waals surface area (Å²) in [5, 5.41) is 0. The van der Waals surface area contributed by atoms with Crippen molar-refractivity contribution < 1.29 is 0 Å². The highest BCUT2D eigenvalue weighted by atomic mass is 14.9. The van der Waals surface area contributed by atoms with Gasteiger partial charge < -0.3 is 0 Å². The summed E-state index contributed by atoms with van der Waals surface area (Å²) in [6, 6.07) is 70.4. The van der Waals surface area contributed by atoms with Crippen molar-refractivity contribution in [3.8, 4) is 89.5 Å². The molecule has 8 aromatic carbocycles. The number of fused-ring (bicyclic) bond motifs is 3. The molecule has 0 bridgehead atoms. The highest BCUT2D eigenvalue weighted by Gasteiger charge is 2.36. The lowest BCUT2D eigenvalue weighted by atomic mass is 9.82. The Labute approximate surface area is 345 Å². The van der Waals surface area contributed by atoms with Crippen LogP contribution in [0.2, 0.25) is 0 Å². The molecule has 0 fully saturated rings. The van der Waals surface area contributed by atoms with E-state index in [0.29, 0.717) is 11.5 Å². The molecular formula is C56H39N3. The summed E-state index contributed by atoms with van der Waals surface area (Å²) in [5.74, 6) is 0.678. The van der Waals surface area contributed by atoms with Gasteiger partial charge in [-0.05, 0) is 97.1 Å². The zero-order valence-electron chi connectivity index (χ0n) is 32.9. The first-order chi connectivity index (χ1) is 28.9. The smallest absolute Gasteiger partial charge is 0.195 e. The van der Waals surface area contributed by atoms with Crippen molar-refractivity contribution in [1.29, 1.82) is 0 Å². The second-order valence-corrected chi connectivity index (χ2v) is 15.7. The van der Waals surface area contributed by atoms with E-state index in [9.17, 15) is 0 Å². The summed E-state index contributed by atoms with van der Waals surface area (Å²) in [6.07, 6.45) is 0. The third kappa shape index (κ3) is 6.61. The lowest BCUT2D eigenvalue weighted by molar-refractivity contribution is 0.660. The van der Waals surface area contributed by atoms with Gasteiger partial charge in [0.1, 0.15) is 0 Å². The maximum Gasteiger partial charge on any atom is 0.195 e. The molecule has 0 saturated carbocycles. The van der Waals surface area contributed by atoms with Crippen LogP contribution in [0.1, 0.15) is 25.0 Å². The van der Waals surface area contributed by atoms with E-state index in [4.69, 9.17) is 16.5 Å². The van der Waals surface area contributed by atoms with Gasteiger partial charge in [0.05, 0.1) is 18.0 Å². The molecule has 278 valence electrons. The Morgan fingerprint density at radius 1 is 0.373 bits per heavy atom. The van der Waals surface area contributed by atoms with Gasteiger partial charge in [-0.2, -0.15) is 0 Å². The Balaban J connectivity index is 1.04. The Morgan fingerprint density at radius 3 is 1.46 bits per heavy atom. The minimum Gasteiger partial charge on any atom is -0.238 e. The predicted octanol–water partition coefficient (Wildman–Crippen LogP) is 15.0. The van der Waals surface area contributed by atoms with Crippen LogP contribution in [0.3, 0.4) is 0 Å². The van der Waals surface area contributed by atoms with E-state index in [0.717, 1.165) is 78.1 Å². The molecular weight excluding hydrogens is 715 g/mol. The van der Waals surface area contributed by atoms with Crippen molar-refractivity contribution in [3.05, 3.63) is 223 Å². The Hall–Kier alpha value is -7.67. The Morgan fingerprint density at radius 2 is 0.814 bits per heavy atom. The molecule has 0 N–H and O–H groups in total. The Bertz CT molecular complexity index is 3060. The molecule has 1 aliphatic carbocycles. The zero-order chi connectivity index (χ0) is 39.9. The van der Waals surface area contributed by atoms with Crippen LogP contribution in [0.15, 0.2) is 200 Å². The Kier molecular flexibility index (Phi) is 8.89. The largest absolute Gasteiger partial charge is 0.238 e. The van der Waals surface area contributed by atoms with Gasteiger partial charge in [-0.3, -0.25) is 0 Å². The predicted molar refractivity (Wildman–Crippen MR) is 244 cm³/mol. The fourth-order valence-electron chi connectivity index (χ4n) is 8.60. The van der Waals surface area contributed by atoms with E-state index < -0.39 is 0 Å². The summed E-state index contributed by atoms with van der Waals surface area (Å²) in [5.41, 5.74) is 19.1. The molecule has 3 nitrogen and oxygen atoms in total. The average Bonchev–Trinajstić information content (AvgIpc) is 3.55. The SMILES string of the molecule is [C-]#[N+]c1cccc2c1-c1cc(-c3cccc(-c4cccc(-c5cc(-c6ccc(-c7ccccc7)cc6)nc(-c6cccc(-c7ccccc7)c6)n5)c4)c3)ccc1C2(C)C. The highest BCUT2D eigenvalue weighted by molar-refractivity contribution is 5.92. The van der Waals surface area contributed by atoms with E-state index in [1.54, 1.807) is 0 Å². The van der Waals surface area contributed by atoms with Crippen LogP contribution >= 0.6 is 0 Å². The van der Waals surface area contributed by atoms with Crippen molar-refractivity contribution >= 4 is 5.69 Å². The molecule has 1 aliphatic rings. The maximum atomic E-state index is 7.91. The number of benzene rings is 8. The van der Waals surface area contributed by atoms with Crippen molar-refractivity contribution in [2.45, 2.75) is 19.3 Å². The third-order valence-corrected chi connectivity index (χ3v) is 11.7. The maximum absolute atomic E-state index is 7.91. The van der Waals surface area contributed by atoms with Gasteiger partial charge in [0, 0.05) is 22.1 Å². The lowest BCUT2D eigenvalue weighted by Crippen LogP contribution is -2.14. The molecule has 0 amide bonds. The van der Waals surface area contributed by atoms with Crippen molar-refractivity contribution in [2.24, 2.45) is 0 Å². The molecule has 10 rings (SSSR count). The number of hydrogen-bond acceptors (Lipinski definition) is 2. The second kappa shape index (κ2) is 14.7. The van der Waals surface area contributed by atoms with Crippen LogP contribution in [0.25, 0.3) is 94.4 Å². The highest BCUT2D eigenvalue weighted by Crippen LogP contribution is 2.53. The van der Waals surface area contributed by atoms with E-state index in [1.807, 2.05) is 24.3 Å². The van der Waals surface area contributed by atoms with Crippen LogP contribution in [-0.2, 0) is 5.41 Å². The van der Waals surface area contributed by atoms with Gasteiger partial charge in [0.15, 0.2) is 11.5 Å². The minimum atomic E-state index is -0.163. The zero-order valence-corrected chi connectivity index (χ0v) is 32.9. The van der Waals surface area contributed by atoms with Crippen LogP contribution in [0.5, 0.6) is 0 Å². The fourth-order valence-corrected chi connectivity index (χ4v) is 8.60. The lowest BCUT2D eigenvalue weighted by Gasteiger charge is -2.21. The van der Waals surface area contributed by atoms with Crippen molar-refractivity contribution in [2.75, 3.05) is 0 Å². The minimum absolute atomic E-state index is 0.163. The topological polar surface area (TPSA) is 30.1 Å². The quantitative estimate of drug-likeness (QED) is 0.152. The fraction of sp³-hybridized carbons (Fsp3) is 0.0536. The van der Waals surface area contributed by atoms with Crippen LogP contribution in [0.4, 0.5) is 5.69 Å². The van der Waals surface area contributed by atoms with E-state index in [1.165, 1.54) is 16.7 Å². The molecule has 1 aromatic heterocycles. The van der Waals surface area contributed by atoms with E-state index in [-0.39, 0.29) is 5.41 Å². The second-order valence-electron chi connectivity index (χ2n) is 15.7. The first kappa shape index (κ1) is 35.7. The van der Waals surface area contributed by atoms with Crippen molar-refractivity contribution in [1.82, 2.24) is 9.97 Å². The van der Waals surface area contributed by atoms with Crippen molar-refractivity contribution in [3.63, 3.8) is 0 Å². The molecule has 59 heavy (non-hydrogen) atoms. The summed E-state index contributed by atoms with van der Waals surface area (Å²) in [4.78, 5) is 14.4. The standard InChI is InChI=1S/C56H39N3/c1-56(2)49-31-30-45(35-48(49)54-50(56)24-13-25-51(54)57-3)43-20-10-19-42(32-43)44-21-11-22-46(33-44)53-36-52(40-28-26-39(27-29-40)37-14-6-4-7-15-37)58-55(59-53)47-23-12-18-41(34-47)38-16-8-5-9-17-38/h4-36H,1-2H3. The summed E-state index contributed by atoms with van der Waals surface area (Å²) >= 11 is 0. The molecule has 9 aromatic rings. The van der Waals surface area contributed by atoms with Crippen LogP contribution in [0, 0.1) is 6.57 Å². The number of nitrogens with zero attached hydrogens (tertiary/aromatic N) is 3. The molecule has 1 heterocycles. The number of hydrogen-bond donors (Lipinski definition) is 0. The first-order valence-corrected chi connectivity index (χ1v) is 20.0.